The number of hydrogen-bond donors (Lipinski definition) is 1. The summed E-state index contributed by atoms with van der Waals surface area (Å²) in [6, 6.07) is 0.425. The van der Waals surface area contributed by atoms with Crippen molar-refractivity contribution < 1.29 is 19.1 Å². The molecule has 27 heavy (non-hydrogen) atoms. The largest absolute Gasteiger partial charge is 0.466 e. The third kappa shape index (κ3) is 6.52. The molecule has 0 aliphatic carbocycles. The second-order valence-electron chi connectivity index (χ2n) is 7.63. The Morgan fingerprint density at radius 3 is 2.70 bits per heavy atom. The first-order valence-corrected chi connectivity index (χ1v) is 10.5. The minimum Gasteiger partial charge on any atom is -0.466 e. The van der Waals surface area contributed by atoms with E-state index in [0.717, 1.165) is 37.5 Å². The molecule has 0 spiro atoms. The van der Waals surface area contributed by atoms with E-state index < -0.39 is 0 Å². The number of esters is 1. The Morgan fingerprint density at radius 2 is 2.07 bits per heavy atom. The molecule has 7 nitrogen and oxygen atoms in total. The first-order chi connectivity index (χ1) is 12.9. The number of likely N-dealkylation sites (tertiary alicyclic amines) is 1. The molecular formula is C19H33N3O4S. The number of cyclic esters (lactones) is 1. The minimum absolute atomic E-state index is 0.167. The lowest BCUT2D eigenvalue weighted by molar-refractivity contribution is -0.143. The van der Waals surface area contributed by atoms with E-state index >= 15 is 0 Å². The predicted octanol–water partition coefficient (Wildman–Crippen LogP) is 2.54. The molecule has 2 rings (SSSR count). The van der Waals surface area contributed by atoms with Gasteiger partial charge in [0.15, 0.2) is 5.11 Å². The Labute approximate surface area is 167 Å². The standard InChI is InChI=1S/C19H33N3O4S/c1-4-25-17(23)6-5-9-20-18(27)21-10-7-15(8-11-21)22-16(12-14(2)3)13-26-19(22)24/h14-16H,4-13H2,1-3H3,(H,20,27). The van der Waals surface area contributed by atoms with E-state index in [1.54, 1.807) is 0 Å². The zero-order valence-corrected chi connectivity index (χ0v) is 17.6. The van der Waals surface area contributed by atoms with Crippen LogP contribution in [0.5, 0.6) is 0 Å². The maximum Gasteiger partial charge on any atom is 0.410 e. The van der Waals surface area contributed by atoms with Crippen LogP contribution in [0.15, 0.2) is 0 Å². The first-order valence-electron chi connectivity index (χ1n) is 10.1. The maximum atomic E-state index is 12.2. The van der Waals surface area contributed by atoms with Crippen molar-refractivity contribution in [2.75, 3.05) is 32.8 Å². The number of carbonyl (C=O) groups is 2. The SMILES string of the molecule is CCOC(=O)CCCNC(=S)N1CCC(N2C(=O)OCC2CC(C)C)CC1. The van der Waals surface area contributed by atoms with Gasteiger partial charge in [-0.15, -0.1) is 0 Å². The summed E-state index contributed by atoms with van der Waals surface area (Å²) in [7, 11) is 0. The van der Waals surface area contributed by atoms with Crippen LogP contribution >= 0.6 is 12.2 Å². The third-order valence-electron chi connectivity index (χ3n) is 5.03. The van der Waals surface area contributed by atoms with Gasteiger partial charge in [0.05, 0.1) is 12.6 Å². The molecule has 1 amide bonds. The Morgan fingerprint density at radius 1 is 1.37 bits per heavy atom. The summed E-state index contributed by atoms with van der Waals surface area (Å²) in [6.07, 6.45) is 3.71. The molecule has 1 N–H and O–H groups in total. The van der Waals surface area contributed by atoms with Crippen molar-refractivity contribution in [1.29, 1.82) is 0 Å². The van der Waals surface area contributed by atoms with Crippen LogP contribution in [0.1, 0.15) is 52.9 Å². The van der Waals surface area contributed by atoms with Crippen LogP contribution in [0, 0.1) is 5.92 Å². The van der Waals surface area contributed by atoms with E-state index in [2.05, 4.69) is 24.1 Å². The van der Waals surface area contributed by atoms with E-state index in [-0.39, 0.29) is 24.1 Å². The van der Waals surface area contributed by atoms with E-state index in [1.807, 2.05) is 11.8 Å². The van der Waals surface area contributed by atoms with Gasteiger partial charge in [-0.05, 0) is 50.7 Å². The van der Waals surface area contributed by atoms with Gasteiger partial charge in [0.2, 0.25) is 0 Å². The lowest BCUT2D eigenvalue weighted by Gasteiger charge is -2.39. The van der Waals surface area contributed by atoms with Gasteiger partial charge >= 0.3 is 12.1 Å². The second kappa shape index (κ2) is 10.7. The van der Waals surface area contributed by atoms with Gasteiger partial charge < -0.3 is 19.7 Å². The molecular weight excluding hydrogens is 366 g/mol. The number of rotatable bonds is 8. The van der Waals surface area contributed by atoms with Crippen LogP contribution in [0.4, 0.5) is 4.79 Å². The number of thiocarbonyl (C=S) groups is 1. The highest BCUT2D eigenvalue weighted by Crippen LogP contribution is 2.27. The Bertz CT molecular complexity index is 521. The Hall–Kier alpha value is -1.57. The fraction of sp³-hybridized carbons (Fsp3) is 0.842. The van der Waals surface area contributed by atoms with E-state index in [0.29, 0.717) is 38.5 Å². The summed E-state index contributed by atoms with van der Waals surface area (Å²) in [4.78, 5) is 27.6. The molecule has 2 aliphatic rings. The molecule has 2 heterocycles. The van der Waals surface area contributed by atoms with Crippen molar-refractivity contribution in [1.82, 2.24) is 15.1 Å². The highest BCUT2D eigenvalue weighted by Gasteiger charge is 2.39. The van der Waals surface area contributed by atoms with Gasteiger partial charge in [0.1, 0.15) is 6.61 Å². The van der Waals surface area contributed by atoms with Crippen LogP contribution in [-0.2, 0) is 14.3 Å². The predicted molar refractivity (Wildman–Crippen MR) is 107 cm³/mol. The van der Waals surface area contributed by atoms with Crippen LogP contribution in [0.25, 0.3) is 0 Å². The summed E-state index contributed by atoms with van der Waals surface area (Å²) in [6.45, 7) is 9.40. The summed E-state index contributed by atoms with van der Waals surface area (Å²) in [5.74, 6) is 0.373. The van der Waals surface area contributed by atoms with Gasteiger partial charge in [-0.2, -0.15) is 0 Å². The molecule has 1 unspecified atom stereocenters. The first kappa shape index (κ1) is 21.7. The van der Waals surface area contributed by atoms with Crippen molar-refractivity contribution in [2.45, 2.75) is 65.0 Å². The van der Waals surface area contributed by atoms with Crippen molar-refractivity contribution in [2.24, 2.45) is 5.92 Å². The second-order valence-corrected chi connectivity index (χ2v) is 8.01. The quantitative estimate of drug-likeness (QED) is 0.382. The van der Waals surface area contributed by atoms with E-state index in [1.165, 1.54) is 0 Å². The Kier molecular flexibility index (Phi) is 8.60. The molecule has 2 aliphatic heterocycles. The monoisotopic (exact) mass is 399 g/mol. The molecule has 2 fully saturated rings. The number of nitrogens with one attached hydrogen (secondary N) is 1. The van der Waals surface area contributed by atoms with E-state index in [9.17, 15) is 9.59 Å². The van der Waals surface area contributed by atoms with Crippen LogP contribution in [-0.4, -0.2) is 71.9 Å². The molecule has 154 valence electrons. The highest BCUT2D eigenvalue weighted by molar-refractivity contribution is 7.80. The molecule has 8 heteroatoms. The average molecular weight is 400 g/mol. The fourth-order valence-electron chi connectivity index (χ4n) is 3.76. The minimum atomic E-state index is -0.168. The summed E-state index contributed by atoms with van der Waals surface area (Å²) in [5.41, 5.74) is 0. The summed E-state index contributed by atoms with van der Waals surface area (Å²) in [5, 5.41) is 3.94. The average Bonchev–Trinajstić information content (AvgIpc) is 2.98. The van der Waals surface area contributed by atoms with Crippen LogP contribution in [0.3, 0.4) is 0 Å². The van der Waals surface area contributed by atoms with Gasteiger partial charge in [0.25, 0.3) is 0 Å². The zero-order chi connectivity index (χ0) is 19.8. The molecule has 0 aromatic carbocycles. The number of carbonyl (C=O) groups excluding carboxylic acids is 2. The topological polar surface area (TPSA) is 71.1 Å². The highest BCUT2D eigenvalue weighted by atomic mass is 32.1. The lowest BCUT2D eigenvalue weighted by Crippen LogP contribution is -2.51. The molecule has 0 saturated carbocycles. The maximum absolute atomic E-state index is 12.2. The lowest BCUT2D eigenvalue weighted by atomic mass is 9.98. The van der Waals surface area contributed by atoms with Crippen molar-refractivity contribution in [3.05, 3.63) is 0 Å². The Balaban J connectivity index is 1.72. The number of hydrogen-bond acceptors (Lipinski definition) is 5. The van der Waals surface area contributed by atoms with Crippen molar-refractivity contribution in [3.8, 4) is 0 Å². The van der Waals surface area contributed by atoms with Gasteiger partial charge in [-0.3, -0.25) is 9.69 Å². The van der Waals surface area contributed by atoms with E-state index in [4.69, 9.17) is 21.7 Å². The molecule has 0 aromatic rings. The summed E-state index contributed by atoms with van der Waals surface area (Å²) < 4.78 is 10.2. The normalized spacial score (nSPS) is 20.7. The molecule has 0 radical (unpaired) electrons. The smallest absolute Gasteiger partial charge is 0.410 e. The number of ether oxygens (including phenoxy) is 2. The summed E-state index contributed by atoms with van der Waals surface area (Å²) >= 11 is 5.47. The number of amides is 1. The van der Waals surface area contributed by atoms with Crippen LogP contribution < -0.4 is 5.32 Å². The fourth-order valence-corrected chi connectivity index (χ4v) is 4.05. The van der Waals surface area contributed by atoms with Crippen molar-refractivity contribution in [3.63, 3.8) is 0 Å². The number of piperidine rings is 1. The zero-order valence-electron chi connectivity index (χ0n) is 16.7. The molecule has 2 saturated heterocycles. The van der Waals surface area contributed by atoms with Crippen molar-refractivity contribution >= 4 is 29.4 Å². The number of nitrogens with zero attached hydrogens (tertiary/aromatic N) is 2. The van der Waals surface area contributed by atoms with Crippen LogP contribution in [0.2, 0.25) is 0 Å². The molecule has 1 atom stereocenters. The third-order valence-corrected chi connectivity index (χ3v) is 5.43. The molecule has 0 aromatic heterocycles. The molecule has 0 bridgehead atoms. The van der Waals surface area contributed by atoms with Gasteiger partial charge in [-0.1, -0.05) is 13.8 Å². The van der Waals surface area contributed by atoms with Gasteiger partial charge in [0, 0.05) is 32.1 Å². The van der Waals surface area contributed by atoms with Gasteiger partial charge in [-0.25, -0.2) is 4.79 Å².